The molecule has 0 unspecified atom stereocenters. The van der Waals surface area contributed by atoms with Crippen molar-refractivity contribution in [3.8, 4) is 0 Å². The van der Waals surface area contributed by atoms with Crippen LogP contribution in [-0.4, -0.2) is 29.1 Å². The van der Waals surface area contributed by atoms with E-state index in [1.807, 2.05) is 11.4 Å². The Morgan fingerprint density at radius 2 is 2.41 bits per heavy atom. The van der Waals surface area contributed by atoms with Gasteiger partial charge in [0, 0.05) is 23.5 Å². The van der Waals surface area contributed by atoms with Gasteiger partial charge in [-0.3, -0.25) is 4.90 Å². The Bertz CT molecular complexity index is 421. The number of nitrogens with zero attached hydrogens (tertiary/aromatic N) is 1. The van der Waals surface area contributed by atoms with E-state index in [0.29, 0.717) is 6.04 Å². The summed E-state index contributed by atoms with van der Waals surface area (Å²) < 4.78 is 0. The van der Waals surface area contributed by atoms with Crippen molar-refractivity contribution in [2.75, 3.05) is 7.05 Å². The number of carbonyl (C=O) groups is 1. The van der Waals surface area contributed by atoms with Gasteiger partial charge in [0.15, 0.2) is 0 Å². The minimum absolute atomic E-state index is 0.716. The van der Waals surface area contributed by atoms with Crippen molar-refractivity contribution in [1.29, 1.82) is 0 Å². The Hall–Kier alpha value is -1.13. The summed E-state index contributed by atoms with van der Waals surface area (Å²) >= 11 is 1.70. The monoisotopic (exact) mass is 251 g/mol. The Morgan fingerprint density at radius 3 is 3.00 bits per heavy atom. The van der Waals surface area contributed by atoms with E-state index in [1.54, 1.807) is 17.4 Å². The van der Waals surface area contributed by atoms with Gasteiger partial charge in [0.05, 0.1) is 0 Å². The van der Waals surface area contributed by atoms with Crippen LogP contribution in [0.5, 0.6) is 0 Å². The van der Waals surface area contributed by atoms with Crippen molar-refractivity contribution in [2.45, 2.75) is 31.8 Å². The summed E-state index contributed by atoms with van der Waals surface area (Å²) in [5, 5.41) is 10.6. The fourth-order valence-corrected chi connectivity index (χ4v) is 2.90. The average molecular weight is 251 g/mol. The van der Waals surface area contributed by atoms with E-state index in [1.165, 1.54) is 30.2 Å². The van der Waals surface area contributed by atoms with Gasteiger partial charge >= 0.3 is 5.97 Å². The van der Waals surface area contributed by atoms with Gasteiger partial charge in [-0.25, -0.2) is 4.79 Å². The quantitative estimate of drug-likeness (QED) is 0.818. The van der Waals surface area contributed by atoms with E-state index in [2.05, 4.69) is 11.9 Å². The van der Waals surface area contributed by atoms with Gasteiger partial charge in [-0.05, 0) is 43.0 Å². The number of thiophene rings is 1. The van der Waals surface area contributed by atoms with E-state index in [9.17, 15) is 4.79 Å². The average Bonchev–Trinajstić information content (AvgIpc) is 2.59. The van der Waals surface area contributed by atoms with Crippen molar-refractivity contribution in [3.05, 3.63) is 28.0 Å². The molecule has 2 rings (SSSR count). The fraction of sp³-hybridized carbons (Fsp3) is 0.462. The molecule has 0 amide bonds. The summed E-state index contributed by atoms with van der Waals surface area (Å²) in [5.74, 6) is -0.894. The second-order valence-electron chi connectivity index (χ2n) is 4.47. The zero-order valence-corrected chi connectivity index (χ0v) is 10.7. The van der Waals surface area contributed by atoms with Crippen molar-refractivity contribution >= 4 is 23.4 Å². The minimum atomic E-state index is -0.894. The molecule has 0 saturated heterocycles. The second kappa shape index (κ2) is 5.47. The predicted octanol–water partition coefficient (Wildman–Crippen LogP) is 2.83. The molecule has 1 heterocycles. The molecule has 92 valence electrons. The highest BCUT2D eigenvalue weighted by atomic mass is 32.1. The molecule has 0 atom stereocenters. The molecule has 4 heteroatoms. The molecule has 0 spiro atoms. The summed E-state index contributed by atoms with van der Waals surface area (Å²) in [6, 6.07) is 2.70. The zero-order chi connectivity index (χ0) is 12.3. The van der Waals surface area contributed by atoms with E-state index >= 15 is 0 Å². The van der Waals surface area contributed by atoms with Crippen molar-refractivity contribution in [2.24, 2.45) is 0 Å². The van der Waals surface area contributed by atoms with Crippen molar-refractivity contribution in [3.63, 3.8) is 0 Å². The van der Waals surface area contributed by atoms with Gasteiger partial charge in [-0.15, -0.1) is 11.3 Å². The van der Waals surface area contributed by atoms with Crippen LogP contribution in [0.3, 0.4) is 0 Å². The predicted molar refractivity (Wildman–Crippen MR) is 70.1 cm³/mol. The molecule has 1 aliphatic rings. The lowest BCUT2D eigenvalue weighted by Crippen LogP contribution is -2.36. The van der Waals surface area contributed by atoms with Gasteiger partial charge in [0.25, 0.3) is 0 Å². The van der Waals surface area contributed by atoms with E-state index in [0.717, 1.165) is 12.1 Å². The fourth-order valence-electron chi connectivity index (χ4n) is 1.97. The van der Waals surface area contributed by atoms with Crippen LogP contribution >= 0.6 is 11.3 Å². The molecule has 3 nitrogen and oxygen atoms in total. The van der Waals surface area contributed by atoms with Gasteiger partial charge in [-0.2, -0.15) is 0 Å². The van der Waals surface area contributed by atoms with Gasteiger partial charge < -0.3 is 5.11 Å². The van der Waals surface area contributed by atoms with Gasteiger partial charge in [0.2, 0.25) is 0 Å². The number of hydrogen-bond donors (Lipinski definition) is 1. The first-order chi connectivity index (χ1) is 8.16. The third-order valence-electron chi connectivity index (χ3n) is 3.28. The molecular formula is C13H17NO2S. The second-order valence-corrected chi connectivity index (χ2v) is 5.47. The van der Waals surface area contributed by atoms with Crippen LogP contribution in [0.4, 0.5) is 0 Å². The van der Waals surface area contributed by atoms with Crippen molar-refractivity contribution < 1.29 is 9.90 Å². The molecule has 1 N–H and O–H groups in total. The van der Waals surface area contributed by atoms with Crippen LogP contribution < -0.4 is 0 Å². The number of hydrogen-bond acceptors (Lipinski definition) is 3. The zero-order valence-electron chi connectivity index (χ0n) is 9.93. The van der Waals surface area contributed by atoms with Crippen LogP contribution in [0.15, 0.2) is 17.5 Å². The highest BCUT2D eigenvalue weighted by molar-refractivity contribution is 7.10. The lowest BCUT2D eigenvalue weighted by molar-refractivity contribution is -0.131. The molecule has 1 aromatic heterocycles. The molecule has 0 aromatic carbocycles. The Morgan fingerprint density at radius 1 is 1.65 bits per heavy atom. The van der Waals surface area contributed by atoms with E-state index < -0.39 is 5.97 Å². The molecule has 0 bridgehead atoms. The Labute approximate surface area is 105 Å². The third-order valence-corrected chi connectivity index (χ3v) is 4.20. The first-order valence-corrected chi connectivity index (χ1v) is 6.72. The summed E-state index contributed by atoms with van der Waals surface area (Å²) in [5.41, 5.74) is 1.03. The molecule has 0 radical (unpaired) electrons. The smallest absolute Gasteiger partial charge is 0.328 e. The van der Waals surface area contributed by atoms with Crippen LogP contribution in [0.25, 0.3) is 6.08 Å². The van der Waals surface area contributed by atoms with Crippen molar-refractivity contribution in [1.82, 2.24) is 4.90 Å². The van der Waals surface area contributed by atoms with Crippen LogP contribution in [-0.2, 0) is 11.3 Å². The highest BCUT2D eigenvalue weighted by Crippen LogP contribution is 2.27. The molecule has 1 aromatic rings. The lowest BCUT2D eigenvalue weighted by atomic mass is 9.92. The number of aliphatic carboxylic acids is 1. The molecule has 1 fully saturated rings. The lowest BCUT2D eigenvalue weighted by Gasteiger charge is -2.34. The topological polar surface area (TPSA) is 40.5 Å². The largest absolute Gasteiger partial charge is 0.478 e. The molecule has 1 saturated carbocycles. The first-order valence-electron chi connectivity index (χ1n) is 5.84. The Balaban J connectivity index is 2.00. The summed E-state index contributed by atoms with van der Waals surface area (Å²) in [4.78, 5) is 14.1. The van der Waals surface area contributed by atoms with Crippen LogP contribution in [0.2, 0.25) is 0 Å². The normalized spacial score (nSPS) is 16.6. The summed E-state index contributed by atoms with van der Waals surface area (Å²) in [7, 11) is 2.15. The van der Waals surface area contributed by atoms with Gasteiger partial charge in [-0.1, -0.05) is 6.42 Å². The first kappa shape index (κ1) is 12.3. The number of rotatable bonds is 5. The van der Waals surface area contributed by atoms with E-state index in [-0.39, 0.29) is 0 Å². The minimum Gasteiger partial charge on any atom is -0.478 e. The van der Waals surface area contributed by atoms with Crippen LogP contribution in [0.1, 0.15) is 29.7 Å². The number of carboxylic acid groups (broad SMARTS) is 1. The number of carboxylic acids is 1. The maximum absolute atomic E-state index is 10.5. The molecule has 17 heavy (non-hydrogen) atoms. The summed E-state index contributed by atoms with van der Waals surface area (Å²) in [6.07, 6.45) is 6.81. The molecule has 1 aliphatic carbocycles. The van der Waals surface area contributed by atoms with Gasteiger partial charge in [0.1, 0.15) is 0 Å². The molecular weight excluding hydrogens is 234 g/mol. The third kappa shape index (κ3) is 3.17. The Kier molecular flexibility index (Phi) is 3.97. The van der Waals surface area contributed by atoms with Crippen LogP contribution in [0, 0.1) is 0 Å². The SMILES string of the molecule is CN(Cc1sccc1/C=C/C(=O)O)C1CCC1. The standard InChI is InChI=1S/C13H17NO2S/c1-14(11-3-2-4-11)9-12-10(7-8-17-12)5-6-13(15)16/h5-8,11H,2-4,9H2,1H3,(H,15,16)/b6-5+. The summed E-state index contributed by atoms with van der Waals surface area (Å²) in [6.45, 7) is 0.918. The van der Waals surface area contributed by atoms with E-state index in [4.69, 9.17) is 5.11 Å². The highest BCUT2D eigenvalue weighted by Gasteiger charge is 2.22. The maximum Gasteiger partial charge on any atom is 0.328 e. The maximum atomic E-state index is 10.5. The molecule has 0 aliphatic heterocycles.